The molecule has 1 amide bonds. The molecular weight excluding hydrogens is 290 g/mol. The number of amides is 1. The fraction of sp³-hybridized carbons (Fsp3) is 0.400. The zero-order valence-electron chi connectivity index (χ0n) is 12.3. The Hall–Kier alpha value is -1.88. The minimum Gasteiger partial charge on any atom is -0.421 e. The van der Waals surface area contributed by atoms with Crippen molar-refractivity contribution in [1.29, 1.82) is 0 Å². The summed E-state index contributed by atoms with van der Waals surface area (Å²) in [6, 6.07) is 7.15. The van der Waals surface area contributed by atoms with Gasteiger partial charge in [-0.05, 0) is 45.0 Å². The number of benzene rings is 1. The van der Waals surface area contributed by atoms with Crippen LogP contribution in [0.5, 0.6) is 0 Å². The number of nitrogens with zero attached hydrogens (tertiary/aromatic N) is 2. The summed E-state index contributed by atoms with van der Waals surface area (Å²) in [5.41, 5.74) is 0.567. The minimum atomic E-state index is -0.236. The van der Waals surface area contributed by atoms with Gasteiger partial charge in [0.15, 0.2) is 0 Å². The summed E-state index contributed by atoms with van der Waals surface area (Å²) >= 11 is 5.83. The highest BCUT2D eigenvalue weighted by Gasteiger charge is 2.15. The summed E-state index contributed by atoms with van der Waals surface area (Å²) in [6.45, 7) is 5.82. The van der Waals surface area contributed by atoms with E-state index in [0.717, 1.165) is 5.56 Å². The van der Waals surface area contributed by atoms with Gasteiger partial charge >= 0.3 is 0 Å². The zero-order valence-corrected chi connectivity index (χ0v) is 13.1. The fourth-order valence-electron chi connectivity index (χ4n) is 1.76. The van der Waals surface area contributed by atoms with Gasteiger partial charge in [-0.25, -0.2) is 0 Å². The molecule has 0 aliphatic heterocycles. The lowest BCUT2D eigenvalue weighted by Crippen LogP contribution is -2.40. The molecule has 1 aromatic heterocycles. The van der Waals surface area contributed by atoms with Crippen LogP contribution in [-0.4, -0.2) is 21.6 Å². The van der Waals surface area contributed by atoms with E-state index in [4.69, 9.17) is 16.0 Å². The van der Waals surface area contributed by atoms with Crippen LogP contribution in [-0.2, 0) is 11.2 Å². The molecule has 21 heavy (non-hydrogen) atoms. The molecule has 0 saturated carbocycles. The number of aryl methyl sites for hydroxylation is 1. The van der Waals surface area contributed by atoms with Gasteiger partial charge in [0, 0.05) is 29.0 Å². The molecule has 0 aliphatic carbocycles. The Morgan fingerprint density at radius 1 is 1.24 bits per heavy atom. The second-order valence-electron chi connectivity index (χ2n) is 5.81. The zero-order chi connectivity index (χ0) is 15.5. The smallest absolute Gasteiger partial charge is 0.247 e. The SMILES string of the molecule is CC(C)(C)NC(=O)CCc1nnc(-c2ccc(Cl)cc2)o1. The maximum absolute atomic E-state index is 11.7. The lowest BCUT2D eigenvalue weighted by molar-refractivity contribution is -0.122. The average Bonchev–Trinajstić information content (AvgIpc) is 2.84. The Bertz CT molecular complexity index is 615. The van der Waals surface area contributed by atoms with Crippen molar-refractivity contribution in [1.82, 2.24) is 15.5 Å². The standard InChI is InChI=1S/C15H18ClN3O2/c1-15(2,3)17-12(20)8-9-13-18-19-14(21-13)10-4-6-11(16)7-5-10/h4-7H,8-9H2,1-3H3,(H,17,20). The largest absolute Gasteiger partial charge is 0.421 e. The molecule has 112 valence electrons. The number of hydrogen-bond acceptors (Lipinski definition) is 4. The molecule has 2 rings (SSSR count). The molecule has 0 fully saturated rings. The molecule has 1 heterocycles. The highest BCUT2D eigenvalue weighted by atomic mass is 35.5. The first-order valence-corrected chi connectivity index (χ1v) is 7.11. The van der Waals surface area contributed by atoms with Crippen molar-refractivity contribution in [2.75, 3.05) is 0 Å². The second-order valence-corrected chi connectivity index (χ2v) is 6.24. The number of carbonyl (C=O) groups excluding carboxylic acids is 1. The van der Waals surface area contributed by atoms with Crippen molar-refractivity contribution in [3.63, 3.8) is 0 Å². The van der Waals surface area contributed by atoms with Gasteiger partial charge in [-0.1, -0.05) is 11.6 Å². The van der Waals surface area contributed by atoms with E-state index in [2.05, 4.69) is 15.5 Å². The average molecular weight is 308 g/mol. The molecule has 0 unspecified atom stereocenters. The summed E-state index contributed by atoms with van der Waals surface area (Å²) in [7, 11) is 0. The molecule has 0 atom stereocenters. The quantitative estimate of drug-likeness (QED) is 0.941. The van der Waals surface area contributed by atoms with E-state index in [1.807, 2.05) is 32.9 Å². The van der Waals surface area contributed by atoms with Gasteiger partial charge in [0.2, 0.25) is 17.7 Å². The van der Waals surface area contributed by atoms with E-state index >= 15 is 0 Å². The summed E-state index contributed by atoms with van der Waals surface area (Å²) in [5, 5.41) is 11.5. The number of aromatic nitrogens is 2. The summed E-state index contributed by atoms with van der Waals surface area (Å²) in [5.74, 6) is 0.843. The van der Waals surface area contributed by atoms with E-state index in [-0.39, 0.29) is 11.4 Å². The molecule has 0 radical (unpaired) electrons. The molecule has 1 aromatic carbocycles. The number of halogens is 1. The fourth-order valence-corrected chi connectivity index (χ4v) is 1.89. The van der Waals surface area contributed by atoms with Gasteiger partial charge in [0.25, 0.3) is 0 Å². The molecular formula is C15H18ClN3O2. The third-order valence-corrected chi connectivity index (χ3v) is 2.89. The highest BCUT2D eigenvalue weighted by Crippen LogP contribution is 2.20. The number of nitrogens with one attached hydrogen (secondary N) is 1. The first-order chi connectivity index (χ1) is 9.83. The van der Waals surface area contributed by atoms with E-state index in [9.17, 15) is 4.79 Å². The van der Waals surface area contributed by atoms with E-state index in [1.54, 1.807) is 12.1 Å². The molecule has 0 bridgehead atoms. The number of carbonyl (C=O) groups is 1. The number of hydrogen-bond donors (Lipinski definition) is 1. The van der Waals surface area contributed by atoms with E-state index < -0.39 is 0 Å². The summed E-state index contributed by atoms with van der Waals surface area (Å²) in [4.78, 5) is 11.7. The van der Waals surface area contributed by atoms with Crippen LogP contribution in [0.4, 0.5) is 0 Å². The predicted molar refractivity (Wildman–Crippen MR) is 81.0 cm³/mol. The molecule has 2 aromatic rings. The van der Waals surface area contributed by atoms with Crippen LogP contribution in [0.1, 0.15) is 33.1 Å². The Balaban J connectivity index is 1.94. The van der Waals surface area contributed by atoms with Gasteiger partial charge in [-0.3, -0.25) is 4.79 Å². The van der Waals surface area contributed by atoms with Crippen molar-refractivity contribution in [2.45, 2.75) is 39.2 Å². The van der Waals surface area contributed by atoms with Gasteiger partial charge in [0.05, 0.1) is 0 Å². The molecule has 0 aliphatic rings. The predicted octanol–water partition coefficient (Wildman–Crippen LogP) is 3.24. The van der Waals surface area contributed by atoms with Crippen molar-refractivity contribution < 1.29 is 9.21 Å². The Labute approximate surface area is 128 Å². The number of rotatable bonds is 4. The molecule has 1 N–H and O–H groups in total. The normalized spacial score (nSPS) is 11.4. The molecule has 6 heteroatoms. The van der Waals surface area contributed by atoms with Crippen molar-refractivity contribution in [3.05, 3.63) is 35.2 Å². The van der Waals surface area contributed by atoms with Gasteiger partial charge < -0.3 is 9.73 Å². The van der Waals surface area contributed by atoms with Crippen LogP contribution in [0.25, 0.3) is 11.5 Å². The van der Waals surface area contributed by atoms with Gasteiger partial charge in [-0.15, -0.1) is 10.2 Å². The van der Waals surface area contributed by atoms with Crippen LogP contribution in [0.3, 0.4) is 0 Å². The first-order valence-electron chi connectivity index (χ1n) is 6.73. The second kappa shape index (κ2) is 6.26. The van der Waals surface area contributed by atoms with Crippen molar-refractivity contribution in [2.24, 2.45) is 0 Å². The van der Waals surface area contributed by atoms with E-state index in [0.29, 0.717) is 29.6 Å². The molecule has 5 nitrogen and oxygen atoms in total. The van der Waals surface area contributed by atoms with E-state index in [1.165, 1.54) is 0 Å². The van der Waals surface area contributed by atoms with Crippen molar-refractivity contribution >= 4 is 17.5 Å². The van der Waals surface area contributed by atoms with Gasteiger partial charge in [0.1, 0.15) is 0 Å². The lowest BCUT2D eigenvalue weighted by Gasteiger charge is -2.20. The Morgan fingerprint density at radius 2 is 1.90 bits per heavy atom. The minimum absolute atomic E-state index is 0.0336. The maximum Gasteiger partial charge on any atom is 0.247 e. The molecule has 0 saturated heterocycles. The van der Waals surface area contributed by atoms with Crippen LogP contribution < -0.4 is 5.32 Å². The topological polar surface area (TPSA) is 68.0 Å². The third kappa shape index (κ3) is 4.86. The van der Waals surface area contributed by atoms with Crippen LogP contribution in [0, 0.1) is 0 Å². The van der Waals surface area contributed by atoms with Gasteiger partial charge in [-0.2, -0.15) is 0 Å². The van der Waals surface area contributed by atoms with Crippen molar-refractivity contribution in [3.8, 4) is 11.5 Å². The molecule has 0 spiro atoms. The summed E-state index contributed by atoms with van der Waals surface area (Å²) < 4.78 is 5.54. The Kier molecular flexibility index (Phi) is 4.63. The lowest BCUT2D eigenvalue weighted by atomic mass is 10.1. The monoisotopic (exact) mass is 307 g/mol. The Morgan fingerprint density at radius 3 is 2.52 bits per heavy atom. The first kappa shape index (κ1) is 15.5. The van der Waals surface area contributed by atoms with Crippen LogP contribution >= 0.6 is 11.6 Å². The van der Waals surface area contributed by atoms with Crippen LogP contribution in [0.2, 0.25) is 5.02 Å². The van der Waals surface area contributed by atoms with Crippen LogP contribution in [0.15, 0.2) is 28.7 Å². The third-order valence-electron chi connectivity index (χ3n) is 2.64. The summed E-state index contributed by atoms with van der Waals surface area (Å²) in [6.07, 6.45) is 0.738. The maximum atomic E-state index is 11.7. The highest BCUT2D eigenvalue weighted by molar-refractivity contribution is 6.30.